The maximum absolute atomic E-state index is 13.4. The Kier molecular flexibility index (Phi) is 5.50. The first-order valence-electron chi connectivity index (χ1n) is 10.8. The van der Waals surface area contributed by atoms with E-state index >= 15 is 0 Å². The highest BCUT2D eigenvalue weighted by Crippen LogP contribution is 2.35. The normalized spacial score (nSPS) is 17.9. The monoisotopic (exact) mass is 439 g/mol. The molecule has 0 saturated carbocycles. The van der Waals surface area contributed by atoms with Gasteiger partial charge in [-0.3, -0.25) is 18.7 Å². The molecule has 31 heavy (non-hydrogen) atoms. The molecule has 0 bridgehead atoms. The smallest absolute Gasteiger partial charge is 0.332 e. The fourth-order valence-corrected chi connectivity index (χ4v) is 5.90. The number of aromatic nitrogens is 2. The number of carbonyl (C=O) groups excluding carboxylic acids is 1. The summed E-state index contributed by atoms with van der Waals surface area (Å²) in [7, 11) is 0. The Bertz CT molecular complexity index is 1240. The average molecular weight is 440 g/mol. The molecule has 1 unspecified atom stereocenters. The van der Waals surface area contributed by atoms with E-state index in [0.29, 0.717) is 16.8 Å². The van der Waals surface area contributed by atoms with Gasteiger partial charge in [-0.15, -0.1) is 11.3 Å². The summed E-state index contributed by atoms with van der Waals surface area (Å²) in [5, 5.41) is 3.50. The van der Waals surface area contributed by atoms with Crippen LogP contribution < -0.4 is 16.6 Å². The second-order valence-corrected chi connectivity index (χ2v) is 9.31. The lowest BCUT2D eigenvalue weighted by Gasteiger charge is -2.14. The van der Waals surface area contributed by atoms with E-state index in [9.17, 15) is 14.4 Å². The molecule has 1 N–H and O–H groups in total. The van der Waals surface area contributed by atoms with Gasteiger partial charge in [0.1, 0.15) is 11.4 Å². The van der Waals surface area contributed by atoms with Crippen molar-refractivity contribution in [2.45, 2.75) is 51.3 Å². The van der Waals surface area contributed by atoms with Crippen LogP contribution in [-0.4, -0.2) is 34.3 Å². The van der Waals surface area contributed by atoms with E-state index in [1.165, 1.54) is 20.5 Å². The van der Waals surface area contributed by atoms with E-state index in [-0.39, 0.29) is 30.7 Å². The third kappa shape index (κ3) is 3.85. The maximum atomic E-state index is 13.4. The molecular weight excluding hydrogens is 414 g/mol. The largest absolute Gasteiger partial charge is 0.376 e. The number of amides is 1. The lowest BCUT2D eigenvalue weighted by molar-refractivity contribution is -0.122. The molecule has 7 nitrogen and oxygen atoms in total. The number of hydrogen-bond acceptors (Lipinski definition) is 5. The second-order valence-electron chi connectivity index (χ2n) is 8.22. The van der Waals surface area contributed by atoms with Crippen LogP contribution in [-0.2, 0) is 35.5 Å². The minimum Gasteiger partial charge on any atom is -0.376 e. The highest BCUT2D eigenvalue weighted by Gasteiger charge is 2.25. The lowest BCUT2D eigenvalue weighted by atomic mass is 10.2. The molecule has 2 aliphatic rings. The summed E-state index contributed by atoms with van der Waals surface area (Å²) in [5.41, 5.74) is 1.25. The first-order chi connectivity index (χ1) is 15.1. The minimum atomic E-state index is -0.437. The number of rotatable bonds is 6. The molecule has 3 aromatic rings. The van der Waals surface area contributed by atoms with Crippen LogP contribution in [0, 0.1) is 0 Å². The second kappa shape index (κ2) is 8.43. The van der Waals surface area contributed by atoms with Crippen molar-refractivity contribution >= 4 is 27.5 Å². The standard InChI is InChI=1S/C23H25N3O4S/c27-19(24-12-16-8-5-11-30-16)14-26-22-20(17-9-4-10-18(17)31-22)21(28)25(23(26)29)13-15-6-2-1-3-7-15/h1-3,6-7,16H,4-5,8-14H2,(H,24,27). The van der Waals surface area contributed by atoms with Crippen LogP contribution in [0.1, 0.15) is 35.3 Å². The number of carbonyl (C=O) groups is 1. The summed E-state index contributed by atoms with van der Waals surface area (Å²) in [5.74, 6) is -0.239. The summed E-state index contributed by atoms with van der Waals surface area (Å²) < 4.78 is 8.32. The van der Waals surface area contributed by atoms with Crippen molar-refractivity contribution in [1.82, 2.24) is 14.5 Å². The first kappa shape index (κ1) is 20.2. The molecule has 1 atom stereocenters. The van der Waals surface area contributed by atoms with Crippen LogP contribution in [0.15, 0.2) is 39.9 Å². The highest BCUT2D eigenvalue weighted by molar-refractivity contribution is 7.19. The van der Waals surface area contributed by atoms with Crippen LogP contribution in [0.25, 0.3) is 10.2 Å². The Balaban J connectivity index is 1.53. The Morgan fingerprint density at radius 1 is 1.13 bits per heavy atom. The SMILES string of the molecule is O=C(Cn1c(=O)n(Cc2ccccc2)c(=O)c2c3c(sc21)CCC3)NCC1CCCO1. The number of nitrogens with zero attached hydrogens (tertiary/aromatic N) is 2. The van der Waals surface area contributed by atoms with E-state index in [1.807, 2.05) is 30.3 Å². The Hall–Kier alpha value is -2.71. The molecule has 1 aliphatic heterocycles. The van der Waals surface area contributed by atoms with Gasteiger partial charge in [0.05, 0.1) is 18.0 Å². The van der Waals surface area contributed by atoms with Crippen molar-refractivity contribution in [2.75, 3.05) is 13.2 Å². The van der Waals surface area contributed by atoms with Gasteiger partial charge in [-0.05, 0) is 43.2 Å². The summed E-state index contributed by atoms with van der Waals surface area (Å²) in [4.78, 5) is 41.2. The predicted octanol–water partition coefficient (Wildman–Crippen LogP) is 2.06. The van der Waals surface area contributed by atoms with Crippen molar-refractivity contribution in [2.24, 2.45) is 0 Å². The van der Waals surface area contributed by atoms with Gasteiger partial charge in [0, 0.05) is 18.0 Å². The molecule has 0 spiro atoms. The van der Waals surface area contributed by atoms with Crippen LogP contribution >= 0.6 is 11.3 Å². The van der Waals surface area contributed by atoms with Crippen LogP contribution in [0.4, 0.5) is 0 Å². The quantitative estimate of drug-likeness (QED) is 0.637. The van der Waals surface area contributed by atoms with Gasteiger partial charge in [-0.1, -0.05) is 30.3 Å². The van der Waals surface area contributed by atoms with Gasteiger partial charge in [0.2, 0.25) is 5.91 Å². The molecule has 3 heterocycles. The van der Waals surface area contributed by atoms with Gasteiger partial charge in [0.25, 0.3) is 5.56 Å². The van der Waals surface area contributed by atoms with E-state index in [2.05, 4.69) is 5.32 Å². The third-order valence-corrected chi connectivity index (χ3v) is 7.42. The van der Waals surface area contributed by atoms with Crippen molar-refractivity contribution in [3.63, 3.8) is 0 Å². The molecule has 1 aromatic carbocycles. The van der Waals surface area contributed by atoms with Crippen molar-refractivity contribution in [3.8, 4) is 0 Å². The first-order valence-corrected chi connectivity index (χ1v) is 11.6. The summed E-state index contributed by atoms with van der Waals surface area (Å²) in [6, 6.07) is 9.47. The molecule has 1 amide bonds. The zero-order chi connectivity index (χ0) is 21.4. The molecule has 2 aromatic heterocycles. The average Bonchev–Trinajstić information content (AvgIpc) is 3.51. The zero-order valence-corrected chi connectivity index (χ0v) is 18.1. The van der Waals surface area contributed by atoms with Crippen molar-refractivity contribution < 1.29 is 9.53 Å². The van der Waals surface area contributed by atoms with Crippen LogP contribution in [0.5, 0.6) is 0 Å². The molecule has 5 rings (SSSR count). The number of hydrogen-bond donors (Lipinski definition) is 1. The zero-order valence-electron chi connectivity index (χ0n) is 17.3. The molecule has 8 heteroatoms. The number of aryl methyl sites for hydroxylation is 2. The van der Waals surface area contributed by atoms with Gasteiger partial charge < -0.3 is 10.1 Å². The summed E-state index contributed by atoms with van der Waals surface area (Å²) >= 11 is 1.49. The topological polar surface area (TPSA) is 82.3 Å². The summed E-state index contributed by atoms with van der Waals surface area (Å²) in [6.07, 6.45) is 4.77. The Morgan fingerprint density at radius 3 is 2.74 bits per heavy atom. The van der Waals surface area contributed by atoms with Crippen molar-refractivity contribution in [3.05, 3.63) is 67.2 Å². The molecule has 1 fully saturated rings. The van der Waals surface area contributed by atoms with E-state index in [1.54, 1.807) is 0 Å². The molecular formula is C23H25N3O4S. The summed E-state index contributed by atoms with van der Waals surface area (Å²) in [6.45, 7) is 1.26. The molecule has 162 valence electrons. The fourth-order valence-electron chi connectivity index (χ4n) is 4.53. The Labute approximate surface area is 183 Å². The highest BCUT2D eigenvalue weighted by atomic mass is 32.1. The fraction of sp³-hybridized carbons (Fsp3) is 0.435. The lowest BCUT2D eigenvalue weighted by Crippen LogP contribution is -2.43. The number of benzene rings is 1. The van der Waals surface area contributed by atoms with Crippen LogP contribution in [0.2, 0.25) is 0 Å². The van der Waals surface area contributed by atoms with Gasteiger partial charge in [0.15, 0.2) is 0 Å². The van der Waals surface area contributed by atoms with Crippen LogP contribution in [0.3, 0.4) is 0 Å². The minimum absolute atomic E-state index is 0.0401. The van der Waals surface area contributed by atoms with E-state index in [4.69, 9.17) is 4.74 Å². The van der Waals surface area contributed by atoms with Gasteiger partial charge in [-0.25, -0.2) is 4.79 Å². The maximum Gasteiger partial charge on any atom is 0.332 e. The molecule has 1 aliphatic carbocycles. The number of fused-ring (bicyclic) bond motifs is 3. The number of nitrogens with one attached hydrogen (secondary N) is 1. The van der Waals surface area contributed by atoms with Gasteiger partial charge in [-0.2, -0.15) is 0 Å². The third-order valence-electron chi connectivity index (χ3n) is 6.10. The number of thiophene rings is 1. The predicted molar refractivity (Wildman–Crippen MR) is 120 cm³/mol. The Morgan fingerprint density at radius 2 is 1.97 bits per heavy atom. The molecule has 0 radical (unpaired) electrons. The molecule has 1 saturated heterocycles. The van der Waals surface area contributed by atoms with E-state index in [0.717, 1.165) is 54.7 Å². The van der Waals surface area contributed by atoms with E-state index < -0.39 is 5.69 Å². The van der Waals surface area contributed by atoms with Gasteiger partial charge >= 0.3 is 5.69 Å². The number of ether oxygens (including phenoxy) is 1. The van der Waals surface area contributed by atoms with Crippen molar-refractivity contribution in [1.29, 1.82) is 0 Å².